The Bertz CT molecular complexity index is 1060. The van der Waals surface area contributed by atoms with Crippen molar-refractivity contribution in [1.29, 1.82) is 0 Å². The summed E-state index contributed by atoms with van der Waals surface area (Å²) < 4.78 is 5.27. The summed E-state index contributed by atoms with van der Waals surface area (Å²) in [7, 11) is 1.74. The van der Waals surface area contributed by atoms with Gasteiger partial charge in [0.1, 0.15) is 11.4 Å². The molecule has 3 rings (SSSR count). The Morgan fingerprint density at radius 1 is 1.06 bits per heavy atom. The first-order valence-electron chi connectivity index (χ1n) is 10.9. The number of rotatable bonds is 7. The van der Waals surface area contributed by atoms with Crippen LogP contribution in [-0.4, -0.2) is 41.2 Å². The first kappa shape index (κ1) is 27.2. The van der Waals surface area contributed by atoms with Gasteiger partial charge in [0.25, 0.3) is 0 Å². The number of aromatic nitrogens is 2. The minimum atomic E-state index is -0.524. The van der Waals surface area contributed by atoms with Crippen molar-refractivity contribution in [2.45, 2.75) is 39.3 Å². The average Bonchev–Trinajstić information content (AvgIpc) is 3.25. The van der Waals surface area contributed by atoms with Gasteiger partial charge in [0.15, 0.2) is 5.96 Å². The number of hydrogen-bond donors (Lipinski definition) is 4. The normalized spacial score (nSPS) is 11.4. The number of carbonyl (C=O) groups excluding carboxylic acids is 1. The number of anilines is 1. The molecular formula is C25H33IN6O2. The number of carbonyl (C=O) groups is 1. The number of H-pyrrole nitrogens is 1. The molecule has 4 N–H and O–H groups in total. The van der Waals surface area contributed by atoms with E-state index in [0.717, 1.165) is 29.1 Å². The highest BCUT2D eigenvalue weighted by atomic mass is 127. The molecule has 2 aromatic carbocycles. The summed E-state index contributed by atoms with van der Waals surface area (Å²) in [5.41, 5.74) is 3.41. The topological polar surface area (TPSA) is 103 Å². The lowest BCUT2D eigenvalue weighted by molar-refractivity contribution is 0.0636. The van der Waals surface area contributed by atoms with Crippen molar-refractivity contribution in [3.05, 3.63) is 72.2 Å². The molecule has 9 heteroatoms. The molecular weight excluding hydrogens is 543 g/mol. The molecule has 0 bridgehead atoms. The zero-order valence-corrected chi connectivity index (χ0v) is 22.3. The fourth-order valence-corrected chi connectivity index (χ4v) is 3.11. The van der Waals surface area contributed by atoms with Crippen LogP contribution in [0, 0.1) is 0 Å². The van der Waals surface area contributed by atoms with E-state index in [1.165, 1.54) is 0 Å². The number of ether oxygens (including phenoxy) is 1. The predicted molar refractivity (Wildman–Crippen MR) is 148 cm³/mol. The largest absolute Gasteiger partial charge is 0.444 e. The zero-order valence-electron chi connectivity index (χ0n) is 20.0. The average molecular weight is 576 g/mol. The number of benzene rings is 2. The van der Waals surface area contributed by atoms with Crippen LogP contribution in [0.3, 0.4) is 0 Å². The van der Waals surface area contributed by atoms with Crippen LogP contribution in [0.1, 0.15) is 32.2 Å². The Labute approximate surface area is 218 Å². The molecule has 0 aliphatic rings. The lowest BCUT2D eigenvalue weighted by atomic mass is 10.1. The smallest absolute Gasteiger partial charge is 0.412 e. The molecule has 0 saturated heterocycles. The number of aromatic amines is 1. The van der Waals surface area contributed by atoms with E-state index in [1.54, 1.807) is 7.05 Å². The van der Waals surface area contributed by atoms with Crippen molar-refractivity contribution in [3.8, 4) is 11.3 Å². The molecule has 0 atom stereocenters. The van der Waals surface area contributed by atoms with E-state index in [2.05, 4.69) is 30.9 Å². The number of imidazole rings is 1. The van der Waals surface area contributed by atoms with Crippen molar-refractivity contribution < 1.29 is 9.53 Å². The van der Waals surface area contributed by atoms with Crippen molar-refractivity contribution >= 4 is 41.7 Å². The molecule has 0 saturated carbocycles. The fraction of sp³-hybridized carbons (Fsp3) is 0.320. The zero-order chi connectivity index (χ0) is 23.7. The third kappa shape index (κ3) is 9.05. The molecule has 0 radical (unpaired) electrons. The van der Waals surface area contributed by atoms with Crippen LogP contribution in [-0.2, 0) is 17.7 Å². The molecule has 1 amide bonds. The second-order valence-electron chi connectivity index (χ2n) is 8.54. The summed E-state index contributed by atoms with van der Waals surface area (Å²) in [6.07, 6.45) is 2.19. The van der Waals surface area contributed by atoms with E-state index in [1.807, 2.05) is 81.6 Å². The maximum Gasteiger partial charge on any atom is 0.412 e. The van der Waals surface area contributed by atoms with E-state index in [0.29, 0.717) is 24.7 Å². The lowest BCUT2D eigenvalue weighted by Crippen LogP contribution is -2.38. The van der Waals surface area contributed by atoms with Crippen LogP contribution in [0.25, 0.3) is 11.3 Å². The highest BCUT2D eigenvalue weighted by Crippen LogP contribution is 2.16. The van der Waals surface area contributed by atoms with E-state index >= 15 is 0 Å². The van der Waals surface area contributed by atoms with Gasteiger partial charge in [-0.05, 0) is 50.5 Å². The number of aliphatic imine (C=N–C) groups is 1. The van der Waals surface area contributed by atoms with Crippen molar-refractivity contribution in [2.24, 2.45) is 4.99 Å². The minimum Gasteiger partial charge on any atom is -0.444 e. The Hall–Kier alpha value is -3.08. The van der Waals surface area contributed by atoms with E-state index in [-0.39, 0.29) is 24.0 Å². The van der Waals surface area contributed by atoms with E-state index in [4.69, 9.17) is 4.74 Å². The summed E-state index contributed by atoms with van der Waals surface area (Å²) in [6, 6.07) is 17.8. The lowest BCUT2D eigenvalue weighted by Gasteiger charge is -2.19. The molecule has 0 aliphatic heterocycles. The first-order valence-corrected chi connectivity index (χ1v) is 10.9. The van der Waals surface area contributed by atoms with Gasteiger partial charge in [-0.2, -0.15) is 0 Å². The van der Waals surface area contributed by atoms with Gasteiger partial charge in [-0.1, -0.05) is 42.5 Å². The van der Waals surface area contributed by atoms with Gasteiger partial charge in [-0.3, -0.25) is 10.3 Å². The molecule has 182 valence electrons. The quantitative estimate of drug-likeness (QED) is 0.181. The van der Waals surface area contributed by atoms with Crippen LogP contribution in [0.5, 0.6) is 0 Å². The Kier molecular flexibility index (Phi) is 10.4. The van der Waals surface area contributed by atoms with Crippen LogP contribution < -0.4 is 16.0 Å². The summed E-state index contributed by atoms with van der Waals surface area (Å²) >= 11 is 0. The number of guanidine groups is 1. The standard InChI is InChI=1S/C25H32N6O2.HI/c1-25(2,3)33-24(32)30-20-12-10-18(11-13-20)14-15-27-23(26-4)29-17-22-28-16-21(31-22)19-8-6-5-7-9-19;/h5-13,16H,14-15,17H2,1-4H3,(H,28,31)(H,30,32)(H2,26,27,29);1H. The summed E-state index contributed by atoms with van der Waals surface area (Å²) in [6.45, 7) is 6.76. The maximum absolute atomic E-state index is 11.9. The molecule has 0 unspecified atom stereocenters. The van der Waals surface area contributed by atoms with Gasteiger partial charge < -0.3 is 20.4 Å². The van der Waals surface area contributed by atoms with Crippen molar-refractivity contribution in [1.82, 2.24) is 20.6 Å². The second-order valence-corrected chi connectivity index (χ2v) is 8.54. The number of nitrogens with zero attached hydrogens (tertiary/aromatic N) is 2. The monoisotopic (exact) mass is 576 g/mol. The molecule has 0 spiro atoms. The Morgan fingerprint density at radius 3 is 2.41 bits per heavy atom. The maximum atomic E-state index is 11.9. The van der Waals surface area contributed by atoms with Crippen LogP contribution in [0.4, 0.5) is 10.5 Å². The van der Waals surface area contributed by atoms with Gasteiger partial charge in [0, 0.05) is 19.3 Å². The third-order valence-corrected chi connectivity index (χ3v) is 4.67. The summed E-state index contributed by atoms with van der Waals surface area (Å²) in [4.78, 5) is 23.9. The molecule has 0 fully saturated rings. The van der Waals surface area contributed by atoms with Crippen LogP contribution in [0.15, 0.2) is 65.8 Å². The molecule has 8 nitrogen and oxygen atoms in total. The number of halogens is 1. The van der Waals surface area contributed by atoms with Gasteiger partial charge in [-0.25, -0.2) is 9.78 Å². The minimum absolute atomic E-state index is 0. The summed E-state index contributed by atoms with van der Waals surface area (Å²) in [5.74, 6) is 1.54. The molecule has 1 heterocycles. The fourth-order valence-electron chi connectivity index (χ4n) is 3.11. The van der Waals surface area contributed by atoms with Crippen molar-refractivity contribution in [2.75, 3.05) is 18.9 Å². The van der Waals surface area contributed by atoms with Gasteiger partial charge in [0.2, 0.25) is 0 Å². The second kappa shape index (κ2) is 13.0. The highest BCUT2D eigenvalue weighted by molar-refractivity contribution is 14.0. The van der Waals surface area contributed by atoms with Gasteiger partial charge in [0.05, 0.1) is 18.4 Å². The molecule has 0 aliphatic carbocycles. The van der Waals surface area contributed by atoms with Gasteiger partial charge in [-0.15, -0.1) is 24.0 Å². The highest BCUT2D eigenvalue weighted by Gasteiger charge is 2.16. The summed E-state index contributed by atoms with van der Waals surface area (Å²) in [5, 5.41) is 9.32. The molecule has 1 aromatic heterocycles. The SMILES string of the molecule is CN=C(NCCc1ccc(NC(=O)OC(C)(C)C)cc1)NCc1ncc(-c2ccccc2)[nH]1.I. The number of hydrogen-bond acceptors (Lipinski definition) is 4. The molecule has 34 heavy (non-hydrogen) atoms. The van der Waals surface area contributed by atoms with E-state index in [9.17, 15) is 4.79 Å². The van der Waals surface area contributed by atoms with Crippen LogP contribution >= 0.6 is 24.0 Å². The van der Waals surface area contributed by atoms with Gasteiger partial charge >= 0.3 is 6.09 Å². The van der Waals surface area contributed by atoms with E-state index < -0.39 is 11.7 Å². The number of nitrogens with one attached hydrogen (secondary N) is 4. The first-order chi connectivity index (χ1) is 15.8. The third-order valence-electron chi connectivity index (χ3n) is 4.67. The van der Waals surface area contributed by atoms with Crippen LogP contribution in [0.2, 0.25) is 0 Å². The molecule has 3 aromatic rings. The predicted octanol–water partition coefficient (Wildman–Crippen LogP) is 4.95. The number of amides is 1. The Balaban J connectivity index is 0.00000408. The Morgan fingerprint density at radius 2 is 1.76 bits per heavy atom. The van der Waals surface area contributed by atoms with Crippen molar-refractivity contribution in [3.63, 3.8) is 0 Å².